The van der Waals surface area contributed by atoms with Gasteiger partial charge in [0.15, 0.2) is 0 Å². The summed E-state index contributed by atoms with van der Waals surface area (Å²) in [5.74, 6) is 0.691. The van der Waals surface area contributed by atoms with Crippen molar-refractivity contribution in [2.24, 2.45) is 5.92 Å². The molecular formula is C11H15Br2NOS. The number of nitrogens with one attached hydrogen (secondary N) is 1. The minimum absolute atomic E-state index is 0.455. The molecule has 0 saturated carbocycles. The van der Waals surface area contributed by atoms with E-state index in [9.17, 15) is 0 Å². The molecule has 0 radical (unpaired) electrons. The minimum atomic E-state index is 0.455. The van der Waals surface area contributed by atoms with Gasteiger partial charge in [-0.1, -0.05) is 0 Å². The van der Waals surface area contributed by atoms with Gasteiger partial charge in [-0.05, 0) is 63.7 Å². The van der Waals surface area contributed by atoms with Gasteiger partial charge in [-0.25, -0.2) is 0 Å². The summed E-state index contributed by atoms with van der Waals surface area (Å²) in [5.41, 5.74) is 0. The van der Waals surface area contributed by atoms with Gasteiger partial charge in [0.2, 0.25) is 0 Å². The Morgan fingerprint density at radius 1 is 1.44 bits per heavy atom. The molecule has 0 aliphatic carbocycles. The maximum absolute atomic E-state index is 5.42. The summed E-state index contributed by atoms with van der Waals surface area (Å²) in [5, 5.41) is 3.44. The lowest BCUT2D eigenvalue weighted by atomic mass is 9.91. The molecule has 2 heterocycles. The standard InChI is InChI=1S/C11H15Br2NOS/c1-14-10(7-2-4-15-5-3-7)9-6-8(12)11(13)16-9/h6-7,10,14H,2-5H2,1H3. The predicted octanol–water partition coefficient (Wildman–Crippen LogP) is 3.96. The SMILES string of the molecule is CNC(c1cc(Br)c(Br)s1)C1CCOCC1. The predicted molar refractivity (Wildman–Crippen MR) is 75.1 cm³/mol. The van der Waals surface area contributed by atoms with E-state index in [4.69, 9.17) is 4.74 Å². The van der Waals surface area contributed by atoms with Crippen LogP contribution in [0, 0.1) is 5.92 Å². The van der Waals surface area contributed by atoms with E-state index in [2.05, 4.69) is 43.2 Å². The Labute approximate surface area is 117 Å². The molecule has 2 rings (SSSR count). The number of halogens is 2. The van der Waals surface area contributed by atoms with Gasteiger partial charge >= 0.3 is 0 Å². The van der Waals surface area contributed by atoms with E-state index in [1.807, 2.05) is 18.4 Å². The van der Waals surface area contributed by atoms with Gasteiger partial charge < -0.3 is 10.1 Å². The molecule has 1 unspecified atom stereocenters. The topological polar surface area (TPSA) is 21.3 Å². The number of hydrogen-bond donors (Lipinski definition) is 1. The summed E-state index contributed by atoms with van der Waals surface area (Å²) in [6.07, 6.45) is 2.30. The Hall–Kier alpha value is 0.580. The van der Waals surface area contributed by atoms with Gasteiger partial charge in [0.05, 0.1) is 3.79 Å². The van der Waals surface area contributed by atoms with E-state index in [1.165, 1.54) is 8.66 Å². The molecule has 1 atom stereocenters. The van der Waals surface area contributed by atoms with E-state index in [-0.39, 0.29) is 0 Å². The average Bonchev–Trinajstić information content (AvgIpc) is 2.61. The molecule has 0 spiro atoms. The summed E-state index contributed by atoms with van der Waals surface area (Å²) in [4.78, 5) is 1.40. The third-order valence-corrected chi connectivity index (χ3v) is 6.36. The van der Waals surface area contributed by atoms with Crippen molar-refractivity contribution in [2.45, 2.75) is 18.9 Å². The first kappa shape index (κ1) is 13.0. The highest BCUT2D eigenvalue weighted by Gasteiger charge is 2.25. The highest BCUT2D eigenvalue weighted by molar-refractivity contribution is 9.13. The molecule has 0 bridgehead atoms. The van der Waals surface area contributed by atoms with Crippen LogP contribution in [-0.4, -0.2) is 20.3 Å². The molecule has 5 heteroatoms. The van der Waals surface area contributed by atoms with Crippen molar-refractivity contribution in [3.05, 3.63) is 19.2 Å². The second kappa shape index (κ2) is 5.96. The Kier molecular flexibility index (Phi) is 4.85. The first-order valence-electron chi connectivity index (χ1n) is 5.42. The molecule has 1 aromatic rings. The third kappa shape index (κ3) is 2.88. The van der Waals surface area contributed by atoms with Crippen molar-refractivity contribution >= 4 is 43.2 Å². The minimum Gasteiger partial charge on any atom is -0.381 e. The molecule has 0 aromatic carbocycles. The molecule has 16 heavy (non-hydrogen) atoms. The highest BCUT2D eigenvalue weighted by atomic mass is 79.9. The van der Waals surface area contributed by atoms with Crippen LogP contribution in [0.2, 0.25) is 0 Å². The van der Waals surface area contributed by atoms with Crippen LogP contribution >= 0.6 is 43.2 Å². The number of rotatable bonds is 3. The zero-order chi connectivity index (χ0) is 11.5. The maximum atomic E-state index is 5.42. The fraction of sp³-hybridized carbons (Fsp3) is 0.636. The van der Waals surface area contributed by atoms with Crippen LogP contribution in [0.3, 0.4) is 0 Å². The molecule has 0 amide bonds. The molecule has 1 fully saturated rings. The Morgan fingerprint density at radius 3 is 2.62 bits per heavy atom. The van der Waals surface area contributed by atoms with Crippen LogP contribution in [0.1, 0.15) is 23.8 Å². The second-order valence-corrected chi connectivity index (χ2v) is 7.24. The molecule has 1 aromatic heterocycles. The molecule has 1 N–H and O–H groups in total. The van der Waals surface area contributed by atoms with Crippen molar-refractivity contribution in [1.82, 2.24) is 5.32 Å². The van der Waals surface area contributed by atoms with Crippen molar-refractivity contribution in [2.75, 3.05) is 20.3 Å². The summed E-state index contributed by atoms with van der Waals surface area (Å²) in [6.45, 7) is 1.80. The average molecular weight is 369 g/mol. The summed E-state index contributed by atoms with van der Waals surface area (Å²) in [7, 11) is 2.04. The van der Waals surface area contributed by atoms with E-state index < -0.39 is 0 Å². The number of hydrogen-bond acceptors (Lipinski definition) is 3. The molecule has 1 aliphatic rings. The van der Waals surface area contributed by atoms with E-state index in [0.717, 1.165) is 30.5 Å². The van der Waals surface area contributed by atoms with E-state index in [0.29, 0.717) is 12.0 Å². The van der Waals surface area contributed by atoms with E-state index >= 15 is 0 Å². The fourth-order valence-electron chi connectivity index (χ4n) is 2.18. The summed E-state index contributed by atoms with van der Waals surface area (Å²) < 4.78 is 7.74. The largest absolute Gasteiger partial charge is 0.381 e. The monoisotopic (exact) mass is 367 g/mol. The molecule has 2 nitrogen and oxygen atoms in total. The lowest BCUT2D eigenvalue weighted by molar-refractivity contribution is 0.0550. The zero-order valence-electron chi connectivity index (χ0n) is 9.13. The Balaban J connectivity index is 2.14. The first-order chi connectivity index (χ1) is 7.72. The van der Waals surface area contributed by atoms with Crippen LogP contribution in [0.15, 0.2) is 14.3 Å². The van der Waals surface area contributed by atoms with Crippen LogP contribution < -0.4 is 5.32 Å². The highest BCUT2D eigenvalue weighted by Crippen LogP contribution is 2.39. The van der Waals surface area contributed by atoms with Crippen molar-refractivity contribution < 1.29 is 4.74 Å². The van der Waals surface area contributed by atoms with Crippen LogP contribution in [0.4, 0.5) is 0 Å². The fourth-order valence-corrected chi connectivity index (χ4v) is 4.47. The maximum Gasteiger partial charge on any atom is 0.0843 e. The van der Waals surface area contributed by atoms with Gasteiger partial charge in [0, 0.05) is 28.6 Å². The Morgan fingerprint density at radius 2 is 2.12 bits per heavy atom. The molecular weight excluding hydrogens is 354 g/mol. The first-order valence-corrected chi connectivity index (χ1v) is 7.82. The smallest absolute Gasteiger partial charge is 0.0843 e. The summed E-state index contributed by atoms with van der Waals surface area (Å²) in [6, 6.07) is 2.67. The van der Waals surface area contributed by atoms with Crippen molar-refractivity contribution in [3.63, 3.8) is 0 Å². The normalized spacial score (nSPS) is 19.9. The molecule has 1 aliphatic heterocycles. The van der Waals surface area contributed by atoms with Crippen LogP contribution in [0.25, 0.3) is 0 Å². The van der Waals surface area contributed by atoms with Gasteiger partial charge in [0.25, 0.3) is 0 Å². The van der Waals surface area contributed by atoms with E-state index in [1.54, 1.807) is 0 Å². The molecule has 90 valence electrons. The van der Waals surface area contributed by atoms with Gasteiger partial charge in [-0.3, -0.25) is 0 Å². The Bertz CT molecular complexity index is 330. The number of thiophene rings is 1. The second-order valence-electron chi connectivity index (χ2n) is 3.99. The van der Waals surface area contributed by atoms with Crippen molar-refractivity contribution in [1.29, 1.82) is 0 Å². The quantitative estimate of drug-likeness (QED) is 0.871. The lowest BCUT2D eigenvalue weighted by Crippen LogP contribution is -2.29. The molecule has 1 saturated heterocycles. The number of ether oxygens (including phenoxy) is 1. The van der Waals surface area contributed by atoms with Crippen LogP contribution in [-0.2, 0) is 4.74 Å². The van der Waals surface area contributed by atoms with Crippen molar-refractivity contribution in [3.8, 4) is 0 Å². The van der Waals surface area contributed by atoms with Gasteiger partial charge in [0.1, 0.15) is 0 Å². The lowest BCUT2D eigenvalue weighted by Gasteiger charge is -2.29. The van der Waals surface area contributed by atoms with Gasteiger partial charge in [-0.2, -0.15) is 0 Å². The zero-order valence-corrected chi connectivity index (χ0v) is 13.1. The van der Waals surface area contributed by atoms with Crippen LogP contribution in [0.5, 0.6) is 0 Å². The summed E-state index contributed by atoms with van der Waals surface area (Å²) >= 11 is 8.91. The van der Waals surface area contributed by atoms with Gasteiger partial charge in [-0.15, -0.1) is 11.3 Å². The third-order valence-electron chi connectivity index (χ3n) is 3.02.